The van der Waals surface area contributed by atoms with E-state index in [1.165, 1.54) is 32.5 Å². The van der Waals surface area contributed by atoms with Crippen molar-refractivity contribution in [3.8, 4) is 0 Å². The Balaban J connectivity index is 2.30. The maximum atomic E-state index is 6.34. The monoisotopic (exact) mass is 354 g/mol. The summed E-state index contributed by atoms with van der Waals surface area (Å²) in [5.41, 5.74) is 1.34. The molecule has 4 rings (SSSR count). The van der Waals surface area contributed by atoms with Gasteiger partial charge in [0.2, 0.25) is 0 Å². The van der Waals surface area contributed by atoms with Gasteiger partial charge in [-0.15, -0.1) is 0 Å². The predicted octanol–water partition coefficient (Wildman–Crippen LogP) is 6.69. The van der Waals surface area contributed by atoms with Crippen molar-refractivity contribution in [3.05, 3.63) is 71.2 Å². The molecular weight excluding hydrogens is 344 g/mol. The van der Waals surface area contributed by atoms with Gasteiger partial charge in [0.15, 0.2) is 0 Å². The van der Waals surface area contributed by atoms with E-state index in [0.717, 1.165) is 15.7 Å². The second-order valence-electron chi connectivity index (χ2n) is 5.21. The molecule has 0 heterocycles. The van der Waals surface area contributed by atoms with Gasteiger partial charge in [0.25, 0.3) is 0 Å². The Labute approximate surface area is 136 Å². The second-order valence-corrected chi connectivity index (χ2v) is 6.17. The van der Waals surface area contributed by atoms with Crippen LogP contribution in [0.2, 0.25) is 5.02 Å². The summed E-state index contributed by atoms with van der Waals surface area (Å²) in [6, 6.07) is 21.2. The summed E-state index contributed by atoms with van der Waals surface area (Å²) in [6.45, 7) is 0. The molecule has 0 spiro atoms. The number of benzene rings is 4. The Morgan fingerprint density at radius 3 is 2.33 bits per heavy atom. The van der Waals surface area contributed by atoms with Gasteiger partial charge in [0.05, 0.1) is 0 Å². The number of fused-ring (bicyclic) bond motifs is 4. The second kappa shape index (κ2) is 5.01. The lowest BCUT2D eigenvalue weighted by molar-refractivity contribution is 1.54. The van der Waals surface area contributed by atoms with Crippen molar-refractivity contribution in [2.45, 2.75) is 5.33 Å². The zero-order valence-corrected chi connectivity index (χ0v) is 13.6. The van der Waals surface area contributed by atoms with Crippen LogP contribution in [0.5, 0.6) is 0 Å². The van der Waals surface area contributed by atoms with Gasteiger partial charge in [-0.2, -0.15) is 0 Å². The summed E-state index contributed by atoms with van der Waals surface area (Å²) < 4.78 is 0. The Kier molecular flexibility index (Phi) is 3.13. The first-order valence-electron chi connectivity index (χ1n) is 6.87. The van der Waals surface area contributed by atoms with Crippen molar-refractivity contribution in [1.82, 2.24) is 0 Å². The fourth-order valence-corrected chi connectivity index (χ4v) is 3.95. The van der Waals surface area contributed by atoms with Crippen molar-refractivity contribution in [1.29, 1.82) is 0 Å². The standard InChI is InChI=1S/C19H12BrCl/c20-11-18-13-5-2-1-4-12(13)10-17-14-6-3-7-19(21)16(14)9-8-15(17)18/h1-10H,11H2. The van der Waals surface area contributed by atoms with E-state index in [4.69, 9.17) is 11.6 Å². The normalized spacial score (nSPS) is 11.5. The molecule has 0 fully saturated rings. The van der Waals surface area contributed by atoms with Crippen LogP contribution in [0.25, 0.3) is 32.3 Å². The van der Waals surface area contributed by atoms with Crippen molar-refractivity contribution >= 4 is 59.8 Å². The van der Waals surface area contributed by atoms with Crippen molar-refractivity contribution in [3.63, 3.8) is 0 Å². The maximum absolute atomic E-state index is 6.34. The molecule has 0 unspecified atom stereocenters. The lowest BCUT2D eigenvalue weighted by Crippen LogP contribution is -1.87. The van der Waals surface area contributed by atoms with Crippen LogP contribution in [-0.4, -0.2) is 0 Å². The molecule has 2 heteroatoms. The van der Waals surface area contributed by atoms with Gasteiger partial charge in [-0.25, -0.2) is 0 Å². The zero-order valence-electron chi connectivity index (χ0n) is 11.2. The van der Waals surface area contributed by atoms with E-state index in [0.29, 0.717) is 0 Å². The molecule has 0 aromatic heterocycles. The predicted molar refractivity (Wildman–Crippen MR) is 96.6 cm³/mol. The topological polar surface area (TPSA) is 0 Å². The molecule has 0 amide bonds. The minimum absolute atomic E-state index is 0.808. The minimum atomic E-state index is 0.808. The summed E-state index contributed by atoms with van der Waals surface area (Å²) in [4.78, 5) is 0. The largest absolute Gasteiger partial charge is 0.0876 e. The van der Waals surface area contributed by atoms with Gasteiger partial charge < -0.3 is 0 Å². The minimum Gasteiger partial charge on any atom is -0.0876 e. The Morgan fingerprint density at radius 2 is 1.48 bits per heavy atom. The van der Waals surface area contributed by atoms with Crippen LogP contribution >= 0.6 is 27.5 Å². The van der Waals surface area contributed by atoms with Crippen LogP contribution in [0.4, 0.5) is 0 Å². The van der Waals surface area contributed by atoms with E-state index >= 15 is 0 Å². The summed E-state index contributed by atoms with van der Waals surface area (Å²) in [5, 5.41) is 9.12. The highest BCUT2D eigenvalue weighted by Crippen LogP contribution is 2.36. The Morgan fingerprint density at radius 1 is 0.714 bits per heavy atom. The fourth-order valence-electron chi connectivity index (χ4n) is 3.10. The highest BCUT2D eigenvalue weighted by molar-refractivity contribution is 9.08. The zero-order chi connectivity index (χ0) is 14.4. The maximum Gasteiger partial charge on any atom is 0.0484 e. The van der Waals surface area contributed by atoms with E-state index in [9.17, 15) is 0 Å². The molecular formula is C19H12BrCl. The number of halogens is 2. The van der Waals surface area contributed by atoms with E-state index in [1.807, 2.05) is 12.1 Å². The lowest BCUT2D eigenvalue weighted by Gasteiger charge is -2.12. The van der Waals surface area contributed by atoms with Crippen LogP contribution < -0.4 is 0 Å². The molecule has 0 aliphatic rings. The van der Waals surface area contributed by atoms with Crippen LogP contribution in [0.3, 0.4) is 0 Å². The van der Waals surface area contributed by atoms with Gasteiger partial charge in [-0.3, -0.25) is 0 Å². The van der Waals surface area contributed by atoms with E-state index in [1.54, 1.807) is 0 Å². The summed E-state index contributed by atoms with van der Waals surface area (Å²) in [7, 11) is 0. The van der Waals surface area contributed by atoms with Crippen LogP contribution in [0.15, 0.2) is 60.7 Å². The molecule has 0 saturated heterocycles. The van der Waals surface area contributed by atoms with E-state index in [-0.39, 0.29) is 0 Å². The third-order valence-electron chi connectivity index (χ3n) is 4.09. The van der Waals surface area contributed by atoms with Gasteiger partial charge in [0, 0.05) is 15.7 Å². The molecule has 0 nitrogen and oxygen atoms in total. The Bertz CT molecular complexity index is 989. The molecule has 4 aromatic carbocycles. The van der Waals surface area contributed by atoms with Crippen LogP contribution in [0.1, 0.15) is 5.56 Å². The third kappa shape index (κ3) is 1.96. The summed E-state index contributed by atoms with van der Waals surface area (Å²) >= 11 is 9.99. The first-order valence-corrected chi connectivity index (χ1v) is 8.37. The number of hydrogen-bond donors (Lipinski definition) is 0. The van der Waals surface area contributed by atoms with Crippen molar-refractivity contribution in [2.75, 3.05) is 0 Å². The van der Waals surface area contributed by atoms with E-state index in [2.05, 4.69) is 64.5 Å². The first kappa shape index (κ1) is 13.1. The molecule has 4 aromatic rings. The molecule has 0 aliphatic carbocycles. The third-order valence-corrected chi connectivity index (χ3v) is 4.98. The molecule has 0 N–H and O–H groups in total. The molecule has 0 bridgehead atoms. The summed E-state index contributed by atoms with van der Waals surface area (Å²) in [6.07, 6.45) is 0. The van der Waals surface area contributed by atoms with Gasteiger partial charge in [0.1, 0.15) is 0 Å². The Hall–Kier alpha value is -1.57. The van der Waals surface area contributed by atoms with E-state index < -0.39 is 0 Å². The molecule has 0 saturated carbocycles. The van der Waals surface area contributed by atoms with Crippen molar-refractivity contribution in [2.24, 2.45) is 0 Å². The highest BCUT2D eigenvalue weighted by atomic mass is 79.9. The quantitative estimate of drug-likeness (QED) is 0.202. The molecule has 0 atom stereocenters. The molecule has 0 aliphatic heterocycles. The van der Waals surface area contributed by atoms with Crippen LogP contribution in [-0.2, 0) is 5.33 Å². The van der Waals surface area contributed by atoms with Gasteiger partial charge in [-0.05, 0) is 44.6 Å². The molecule has 102 valence electrons. The van der Waals surface area contributed by atoms with Crippen molar-refractivity contribution < 1.29 is 0 Å². The van der Waals surface area contributed by atoms with Crippen LogP contribution in [0, 0.1) is 0 Å². The average molecular weight is 356 g/mol. The van der Waals surface area contributed by atoms with Gasteiger partial charge >= 0.3 is 0 Å². The smallest absolute Gasteiger partial charge is 0.0484 e. The molecule has 0 radical (unpaired) electrons. The molecule has 21 heavy (non-hydrogen) atoms. The average Bonchev–Trinajstić information content (AvgIpc) is 2.53. The lowest BCUT2D eigenvalue weighted by atomic mass is 9.94. The SMILES string of the molecule is Clc1cccc2c1ccc1c(CBr)c3ccccc3cc12. The summed E-state index contributed by atoms with van der Waals surface area (Å²) in [5.74, 6) is 0. The highest BCUT2D eigenvalue weighted by Gasteiger charge is 2.10. The number of rotatable bonds is 1. The van der Waals surface area contributed by atoms with Gasteiger partial charge in [-0.1, -0.05) is 76.1 Å². The number of alkyl halides is 1. The fraction of sp³-hybridized carbons (Fsp3) is 0.0526. The first-order chi connectivity index (χ1) is 10.3. The number of hydrogen-bond acceptors (Lipinski definition) is 0.